The van der Waals surface area contributed by atoms with Crippen LogP contribution in [-0.4, -0.2) is 16.4 Å². The van der Waals surface area contributed by atoms with Crippen LogP contribution in [-0.2, 0) is 0 Å². The van der Waals surface area contributed by atoms with E-state index in [2.05, 4.69) is 12.2 Å². The topological polar surface area (TPSA) is 122 Å². The lowest BCUT2D eigenvalue weighted by Gasteiger charge is -2.08. The third-order valence-electron chi connectivity index (χ3n) is 2.96. The van der Waals surface area contributed by atoms with Crippen molar-refractivity contribution in [3.05, 3.63) is 37.9 Å². The number of unbranched alkanes of at least 4 members (excludes halogenated alkanes) is 3. The van der Waals surface area contributed by atoms with E-state index in [1.807, 2.05) is 0 Å². The molecule has 0 heterocycles. The number of nitro groups is 2. The Morgan fingerprint density at radius 3 is 2.43 bits per heavy atom. The van der Waals surface area contributed by atoms with Gasteiger partial charge in [-0.25, -0.2) is 0 Å². The Hall–Kier alpha value is -2.69. The van der Waals surface area contributed by atoms with E-state index >= 15 is 0 Å². The highest BCUT2D eigenvalue weighted by Crippen LogP contribution is 2.32. The van der Waals surface area contributed by atoms with Crippen LogP contribution in [0.2, 0.25) is 0 Å². The predicted molar refractivity (Wildman–Crippen MR) is 77.1 cm³/mol. The molecule has 0 amide bonds. The third-order valence-corrected chi connectivity index (χ3v) is 2.96. The van der Waals surface area contributed by atoms with Crippen molar-refractivity contribution in [2.75, 3.05) is 11.9 Å². The number of nitriles is 1. The number of nitrogens with zero attached hydrogens (tertiary/aromatic N) is 3. The van der Waals surface area contributed by atoms with E-state index in [1.165, 1.54) is 0 Å². The van der Waals surface area contributed by atoms with E-state index in [1.54, 1.807) is 6.07 Å². The molecule has 0 saturated heterocycles. The summed E-state index contributed by atoms with van der Waals surface area (Å²) in [4.78, 5) is 20.3. The molecule has 0 saturated carbocycles. The zero-order valence-electron chi connectivity index (χ0n) is 11.7. The van der Waals surface area contributed by atoms with Gasteiger partial charge in [0.1, 0.15) is 11.8 Å². The number of rotatable bonds is 8. The first kappa shape index (κ1) is 16.4. The van der Waals surface area contributed by atoms with Gasteiger partial charge in [0.2, 0.25) is 0 Å². The maximum Gasteiger partial charge on any atom is 0.300 e. The molecule has 0 spiro atoms. The molecular formula is C13H16N4O4. The maximum atomic E-state index is 11.0. The van der Waals surface area contributed by atoms with Crippen LogP contribution in [0, 0.1) is 31.6 Å². The molecule has 1 N–H and O–H groups in total. The molecule has 8 nitrogen and oxygen atoms in total. The average Bonchev–Trinajstić information content (AvgIpc) is 2.46. The van der Waals surface area contributed by atoms with Crippen molar-refractivity contribution in [3.63, 3.8) is 0 Å². The van der Waals surface area contributed by atoms with Crippen LogP contribution in [0.15, 0.2) is 12.1 Å². The standard InChI is InChI=1S/C13H16N4O4/c1-2-3-4-5-6-15-13-10(9-14)7-11(16(18)19)8-12(13)17(20)21/h7-8,15H,2-6H2,1H3. The van der Waals surface area contributed by atoms with Gasteiger partial charge in [0.25, 0.3) is 5.69 Å². The van der Waals surface area contributed by atoms with Crippen molar-refractivity contribution in [3.8, 4) is 6.07 Å². The SMILES string of the molecule is CCCCCCNc1c(C#N)cc([N+](=O)[O-])cc1[N+](=O)[O-]. The fourth-order valence-electron chi connectivity index (χ4n) is 1.90. The van der Waals surface area contributed by atoms with E-state index in [4.69, 9.17) is 5.26 Å². The van der Waals surface area contributed by atoms with Crippen molar-refractivity contribution >= 4 is 17.1 Å². The minimum absolute atomic E-state index is 0.0459. The van der Waals surface area contributed by atoms with Gasteiger partial charge in [0, 0.05) is 12.6 Å². The molecule has 0 bridgehead atoms. The van der Waals surface area contributed by atoms with Gasteiger partial charge in [-0.3, -0.25) is 20.2 Å². The van der Waals surface area contributed by atoms with Crippen LogP contribution < -0.4 is 5.32 Å². The zero-order valence-corrected chi connectivity index (χ0v) is 11.7. The molecule has 1 rings (SSSR count). The van der Waals surface area contributed by atoms with Crippen LogP contribution in [0.3, 0.4) is 0 Å². The van der Waals surface area contributed by atoms with Crippen LogP contribution in [0.5, 0.6) is 0 Å². The van der Waals surface area contributed by atoms with Crippen molar-refractivity contribution < 1.29 is 9.85 Å². The second-order valence-corrected chi connectivity index (χ2v) is 4.50. The summed E-state index contributed by atoms with van der Waals surface area (Å²) in [5, 5.41) is 33.7. The number of anilines is 1. The highest BCUT2D eigenvalue weighted by atomic mass is 16.6. The molecule has 0 aromatic heterocycles. The Labute approximate surface area is 121 Å². The smallest absolute Gasteiger partial charge is 0.300 e. The van der Waals surface area contributed by atoms with Gasteiger partial charge in [0.05, 0.1) is 21.5 Å². The van der Waals surface area contributed by atoms with E-state index in [-0.39, 0.29) is 11.3 Å². The quantitative estimate of drug-likeness (QED) is 0.445. The van der Waals surface area contributed by atoms with Crippen LogP contribution >= 0.6 is 0 Å². The van der Waals surface area contributed by atoms with Gasteiger partial charge in [-0.05, 0) is 6.42 Å². The molecular weight excluding hydrogens is 276 g/mol. The lowest BCUT2D eigenvalue weighted by molar-refractivity contribution is -0.393. The number of hydrogen-bond acceptors (Lipinski definition) is 6. The molecule has 0 fully saturated rings. The molecule has 0 aliphatic rings. The number of hydrogen-bond donors (Lipinski definition) is 1. The highest BCUT2D eigenvalue weighted by Gasteiger charge is 2.23. The third kappa shape index (κ3) is 4.42. The second-order valence-electron chi connectivity index (χ2n) is 4.50. The van der Waals surface area contributed by atoms with Gasteiger partial charge < -0.3 is 5.32 Å². The minimum Gasteiger partial charge on any atom is -0.378 e. The molecule has 0 aliphatic heterocycles. The average molecular weight is 292 g/mol. The molecule has 112 valence electrons. The number of nitro benzene ring substituents is 2. The normalized spacial score (nSPS) is 9.90. The van der Waals surface area contributed by atoms with E-state index in [9.17, 15) is 20.2 Å². The molecule has 0 unspecified atom stereocenters. The van der Waals surface area contributed by atoms with Gasteiger partial charge in [-0.1, -0.05) is 26.2 Å². The number of non-ortho nitro benzene ring substituents is 1. The van der Waals surface area contributed by atoms with E-state index in [0.717, 1.165) is 37.8 Å². The summed E-state index contributed by atoms with van der Waals surface area (Å²) in [6.45, 7) is 2.55. The summed E-state index contributed by atoms with van der Waals surface area (Å²) in [5.41, 5.74) is -0.956. The van der Waals surface area contributed by atoms with Crippen molar-refractivity contribution in [2.24, 2.45) is 0 Å². The summed E-state index contributed by atoms with van der Waals surface area (Å²) in [6, 6.07) is 3.68. The molecule has 0 aliphatic carbocycles. The minimum atomic E-state index is -0.751. The Morgan fingerprint density at radius 1 is 1.19 bits per heavy atom. The molecule has 0 radical (unpaired) electrons. The number of nitrogens with one attached hydrogen (secondary N) is 1. The fourth-order valence-corrected chi connectivity index (χ4v) is 1.90. The molecule has 21 heavy (non-hydrogen) atoms. The van der Waals surface area contributed by atoms with Crippen LogP contribution in [0.1, 0.15) is 38.2 Å². The zero-order chi connectivity index (χ0) is 15.8. The first-order valence-electron chi connectivity index (χ1n) is 6.62. The van der Waals surface area contributed by atoms with Crippen molar-refractivity contribution in [1.82, 2.24) is 0 Å². The summed E-state index contributed by atoms with van der Waals surface area (Å²) in [7, 11) is 0. The van der Waals surface area contributed by atoms with Crippen LogP contribution in [0.4, 0.5) is 17.1 Å². The monoisotopic (exact) mass is 292 g/mol. The summed E-state index contributed by atoms with van der Waals surface area (Å²) < 4.78 is 0. The van der Waals surface area contributed by atoms with Gasteiger partial charge >= 0.3 is 5.69 Å². The lowest BCUT2D eigenvalue weighted by Crippen LogP contribution is -2.07. The molecule has 1 aromatic rings. The fraction of sp³-hybridized carbons (Fsp3) is 0.462. The first-order chi connectivity index (χ1) is 10.0. The predicted octanol–water partition coefficient (Wildman–Crippen LogP) is 3.37. The molecule has 0 atom stereocenters. The largest absolute Gasteiger partial charge is 0.378 e. The Balaban J connectivity index is 3.02. The Kier molecular flexibility index (Phi) is 6.07. The van der Waals surface area contributed by atoms with Crippen molar-refractivity contribution in [2.45, 2.75) is 32.6 Å². The van der Waals surface area contributed by atoms with Gasteiger partial charge in [0.15, 0.2) is 0 Å². The lowest BCUT2D eigenvalue weighted by atomic mass is 10.1. The van der Waals surface area contributed by atoms with Gasteiger partial charge in [-0.2, -0.15) is 5.26 Å². The second kappa shape index (κ2) is 7.79. The van der Waals surface area contributed by atoms with Gasteiger partial charge in [-0.15, -0.1) is 0 Å². The maximum absolute atomic E-state index is 11.0. The van der Waals surface area contributed by atoms with E-state index in [0.29, 0.717) is 6.54 Å². The summed E-state index contributed by atoms with van der Waals surface area (Å²) in [5.74, 6) is 0. The Morgan fingerprint density at radius 2 is 1.90 bits per heavy atom. The summed E-state index contributed by atoms with van der Waals surface area (Å²) >= 11 is 0. The molecule has 8 heteroatoms. The first-order valence-corrected chi connectivity index (χ1v) is 6.62. The summed E-state index contributed by atoms with van der Waals surface area (Å²) in [6.07, 6.45) is 3.93. The Bertz CT molecular complexity index is 580. The van der Waals surface area contributed by atoms with Crippen molar-refractivity contribution in [1.29, 1.82) is 5.26 Å². The van der Waals surface area contributed by atoms with Crippen LogP contribution in [0.25, 0.3) is 0 Å². The molecule has 1 aromatic carbocycles. The number of benzene rings is 1. The van der Waals surface area contributed by atoms with E-state index < -0.39 is 21.2 Å². The highest BCUT2D eigenvalue weighted by molar-refractivity contribution is 5.73.